The Morgan fingerprint density at radius 3 is 2.46 bits per heavy atom. The predicted octanol–water partition coefficient (Wildman–Crippen LogP) is 5.10. The molecule has 0 aromatic heterocycles. The Morgan fingerprint density at radius 2 is 1.83 bits per heavy atom. The van der Waals surface area contributed by atoms with Gasteiger partial charge in [0.1, 0.15) is 11.6 Å². The molecule has 0 radical (unpaired) electrons. The van der Waals surface area contributed by atoms with Crippen LogP contribution in [0.15, 0.2) is 47.4 Å². The van der Waals surface area contributed by atoms with Crippen LogP contribution in [0.3, 0.4) is 0 Å². The van der Waals surface area contributed by atoms with Crippen LogP contribution >= 0.6 is 0 Å². The van der Waals surface area contributed by atoms with Gasteiger partial charge in [0, 0.05) is 20.0 Å². The first-order valence-corrected chi connectivity index (χ1v) is 10.1. The summed E-state index contributed by atoms with van der Waals surface area (Å²) in [5, 5.41) is 8.95. The maximum atomic E-state index is 14.2. The van der Waals surface area contributed by atoms with Crippen LogP contribution in [0.25, 0.3) is 0 Å². The maximum Gasteiger partial charge on any atom is 0.127 e. The largest absolute Gasteiger partial charge is 0.508 e. The first-order valence-electron chi connectivity index (χ1n) is 8.34. The molecule has 0 fully saturated rings. The molecule has 130 valence electrons. The molecule has 0 amide bonds. The number of fused-ring (bicyclic) bond motifs is 1. The molecule has 1 aliphatic rings. The molecule has 0 bridgehead atoms. The van der Waals surface area contributed by atoms with Gasteiger partial charge in [0.05, 0.1) is 5.25 Å². The summed E-state index contributed by atoms with van der Waals surface area (Å²) in [6, 6.07) is 11.2. The minimum absolute atomic E-state index is 0.115. The van der Waals surface area contributed by atoms with E-state index in [1.54, 1.807) is 18.2 Å². The van der Waals surface area contributed by atoms with Gasteiger partial charge in [-0.1, -0.05) is 32.4 Å². The van der Waals surface area contributed by atoms with Crippen molar-refractivity contribution < 1.29 is 13.7 Å². The SMILES string of the molecule is C=S(=O)(c1ccc(O)cc1)C1CCCc2cccc(F)c21.CCC. The Labute approximate surface area is 144 Å². The molecule has 0 saturated heterocycles. The van der Waals surface area contributed by atoms with Crippen LogP contribution in [-0.2, 0) is 15.9 Å². The molecule has 24 heavy (non-hydrogen) atoms. The second-order valence-electron chi connectivity index (χ2n) is 6.12. The van der Waals surface area contributed by atoms with Crippen molar-refractivity contribution in [2.75, 3.05) is 0 Å². The molecule has 0 heterocycles. The Morgan fingerprint density at radius 1 is 1.21 bits per heavy atom. The standard InChI is InChI=1S/C17H17FO2S.C3H8/c1-21(20,14-10-8-13(19)9-11-14)16-7-3-5-12-4-2-6-15(18)17(12)16;1-3-2/h2,4,6,8-11,16,19H,1,3,5,7H2;3H2,1-2H3. The van der Waals surface area contributed by atoms with Crippen LogP contribution in [0.1, 0.15) is 49.5 Å². The zero-order chi connectivity index (χ0) is 17.7. The highest BCUT2D eigenvalue weighted by atomic mass is 32.2. The highest BCUT2D eigenvalue weighted by Gasteiger charge is 2.30. The fraction of sp³-hybridized carbons (Fsp3) is 0.350. The lowest BCUT2D eigenvalue weighted by Gasteiger charge is -2.29. The number of phenolic OH excluding ortho intramolecular Hbond substituents is 1. The van der Waals surface area contributed by atoms with Gasteiger partial charge in [-0.15, -0.1) is 0 Å². The van der Waals surface area contributed by atoms with E-state index in [0.717, 1.165) is 18.4 Å². The van der Waals surface area contributed by atoms with Crippen molar-refractivity contribution in [1.82, 2.24) is 0 Å². The van der Waals surface area contributed by atoms with Crippen LogP contribution in [0.4, 0.5) is 4.39 Å². The number of rotatable bonds is 2. The molecule has 3 rings (SSSR count). The predicted molar refractivity (Wildman–Crippen MR) is 99.7 cm³/mol. The van der Waals surface area contributed by atoms with Crippen LogP contribution in [0.5, 0.6) is 5.75 Å². The van der Waals surface area contributed by atoms with Gasteiger partial charge in [-0.3, -0.25) is 4.21 Å². The van der Waals surface area contributed by atoms with E-state index in [0.29, 0.717) is 16.9 Å². The van der Waals surface area contributed by atoms with Gasteiger partial charge in [0.15, 0.2) is 0 Å². The Bertz CT molecular complexity index is 780. The van der Waals surface area contributed by atoms with Gasteiger partial charge in [0.25, 0.3) is 0 Å². The van der Waals surface area contributed by atoms with Gasteiger partial charge in [-0.25, -0.2) is 4.39 Å². The average molecular weight is 348 g/mol. The molecule has 2 aromatic carbocycles. The van der Waals surface area contributed by atoms with Crippen molar-refractivity contribution in [2.45, 2.75) is 49.7 Å². The molecule has 2 aromatic rings. The number of hydrogen-bond donors (Lipinski definition) is 1. The summed E-state index contributed by atoms with van der Waals surface area (Å²) in [7, 11) is -2.67. The van der Waals surface area contributed by atoms with Gasteiger partial charge >= 0.3 is 0 Å². The summed E-state index contributed by atoms with van der Waals surface area (Å²) in [6.45, 7) is 4.25. The molecule has 0 spiro atoms. The van der Waals surface area contributed by atoms with E-state index >= 15 is 0 Å². The Kier molecular flexibility index (Phi) is 6.05. The summed E-state index contributed by atoms with van der Waals surface area (Å²) in [5.41, 5.74) is 1.48. The number of halogens is 1. The minimum atomic E-state index is -2.67. The van der Waals surface area contributed by atoms with Crippen molar-refractivity contribution in [3.05, 3.63) is 59.4 Å². The number of phenols is 1. The fourth-order valence-corrected chi connectivity index (χ4v) is 5.12. The van der Waals surface area contributed by atoms with Crippen LogP contribution < -0.4 is 0 Å². The summed E-state index contributed by atoms with van der Waals surface area (Å²) in [5.74, 6) is 3.73. The Balaban J connectivity index is 0.000000647. The van der Waals surface area contributed by atoms with Crippen molar-refractivity contribution in [2.24, 2.45) is 0 Å². The lowest BCUT2D eigenvalue weighted by molar-refractivity contribution is 0.475. The monoisotopic (exact) mass is 348 g/mol. The van der Waals surface area contributed by atoms with E-state index < -0.39 is 14.8 Å². The van der Waals surface area contributed by atoms with Crippen molar-refractivity contribution in [3.63, 3.8) is 0 Å². The normalized spacial score (nSPS) is 18.7. The van der Waals surface area contributed by atoms with E-state index in [4.69, 9.17) is 0 Å². The lowest BCUT2D eigenvalue weighted by Crippen LogP contribution is -2.20. The zero-order valence-corrected chi connectivity index (χ0v) is 15.1. The summed E-state index contributed by atoms with van der Waals surface area (Å²) in [4.78, 5) is 0.557. The molecule has 0 saturated carbocycles. The number of aryl methyl sites for hydroxylation is 1. The molecule has 1 aliphatic carbocycles. The smallest absolute Gasteiger partial charge is 0.127 e. The van der Waals surface area contributed by atoms with Crippen LogP contribution in [0, 0.1) is 5.82 Å². The summed E-state index contributed by atoms with van der Waals surface area (Å²) < 4.78 is 27.4. The zero-order valence-electron chi connectivity index (χ0n) is 14.3. The van der Waals surface area contributed by atoms with E-state index in [1.807, 2.05) is 6.07 Å². The fourth-order valence-electron chi connectivity index (χ4n) is 3.00. The summed E-state index contributed by atoms with van der Waals surface area (Å²) >= 11 is 0. The molecular weight excluding hydrogens is 323 g/mol. The van der Waals surface area contributed by atoms with E-state index in [9.17, 15) is 13.7 Å². The third-order valence-corrected chi connectivity index (χ3v) is 6.53. The molecular formula is C20H25FO2S. The second-order valence-corrected chi connectivity index (χ2v) is 8.61. The highest BCUT2D eigenvalue weighted by molar-refractivity contribution is 8.00. The van der Waals surface area contributed by atoms with Crippen molar-refractivity contribution in [1.29, 1.82) is 0 Å². The molecule has 4 heteroatoms. The molecule has 2 atom stereocenters. The molecule has 1 N–H and O–H groups in total. The molecule has 2 nitrogen and oxygen atoms in total. The van der Waals surface area contributed by atoms with Gasteiger partial charge < -0.3 is 5.11 Å². The van der Waals surface area contributed by atoms with Crippen LogP contribution in [0.2, 0.25) is 0 Å². The van der Waals surface area contributed by atoms with E-state index in [1.165, 1.54) is 24.6 Å². The number of aromatic hydroxyl groups is 1. The number of benzene rings is 2. The Hall–Kier alpha value is -1.81. The van der Waals surface area contributed by atoms with Crippen molar-refractivity contribution >= 4 is 15.4 Å². The maximum absolute atomic E-state index is 14.2. The van der Waals surface area contributed by atoms with Crippen LogP contribution in [-0.4, -0.2) is 15.2 Å². The number of hydrogen-bond acceptors (Lipinski definition) is 2. The average Bonchev–Trinajstić information content (AvgIpc) is 2.56. The lowest BCUT2D eigenvalue weighted by atomic mass is 9.91. The second kappa shape index (κ2) is 7.84. The first kappa shape index (κ1) is 18.5. The molecule has 2 unspecified atom stereocenters. The summed E-state index contributed by atoms with van der Waals surface area (Å²) in [6.07, 6.45) is 3.61. The topological polar surface area (TPSA) is 37.3 Å². The minimum Gasteiger partial charge on any atom is -0.508 e. The quantitative estimate of drug-likeness (QED) is 0.767. The highest BCUT2D eigenvalue weighted by Crippen LogP contribution is 2.40. The van der Waals surface area contributed by atoms with Gasteiger partial charge in [-0.05, 0) is 61.0 Å². The third-order valence-electron chi connectivity index (χ3n) is 4.07. The molecule has 0 aliphatic heterocycles. The first-order chi connectivity index (χ1) is 11.4. The van der Waals surface area contributed by atoms with Crippen molar-refractivity contribution in [3.8, 4) is 5.75 Å². The van der Waals surface area contributed by atoms with Gasteiger partial charge in [-0.2, -0.15) is 0 Å². The van der Waals surface area contributed by atoms with E-state index in [2.05, 4.69) is 19.7 Å². The van der Waals surface area contributed by atoms with Gasteiger partial charge in [0.2, 0.25) is 0 Å². The van der Waals surface area contributed by atoms with E-state index in [-0.39, 0.29) is 11.6 Å². The third kappa shape index (κ3) is 3.81.